The number of ether oxygens (including phenoxy) is 1. The third-order valence-electron chi connectivity index (χ3n) is 3.65. The summed E-state index contributed by atoms with van der Waals surface area (Å²) in [4.78, 5) is 0. The van der Waals surface area contributed by atoms with Crippen LogP contribution in [0, 0.1) is 0 Å². The molecule has 1 aromatic carbocycles. The van der Waals surface area contributed by atoms with Crippen molar-refractivity contribution in [3.8, 4) is 5.75 Å². The molecule has 5 atom stereocenters. The Morgan fingerprint density at radius 3 is 2.43 bits per heavy atom. The molecule has 0 spiro atoms. The van der Waals surface area contributed by atoms with Crippen molar-refractivity contribution in [1.82, 2.24) is 0 Å². The molecule has 0 unspecified atom stereocenters. The molecule has 1 fully saturated rings. The fraction of sp³-hybridized carbons (Fsp3) is 0.500. The summed E-state index contributed by atoms with van der Waals surface area (Å²) in [5, 5.41) is 53.8. The molecule has 28 heavy (non-hydrogen) atoms. The van der Waals surface area contributed by atoms with Gasteiger partial charge in [0.2, 0.25) is 0 Å². The van der Waals surface area contributed by atoms with E-state index in [1.807, 2.05) is 0 Å². The molecule has 0 amide bonds. The molecular weight excluding hydrogens is 445 g/mol. The van der Waals surface area contributed by atoms with Crippen LogP contribution in [-0.4, -0.2) is 74.9 Å². The van der Waals surface area contributed by atoms with Crippen molar-refractivity contribution in [1.29, 1.82) is 0 Å². The molecule has 152 valence electrons. The molecule has 1 heterocycles. The van der Waals surface area contributed by atoms with Crippen LogP contribution in [0.3, 0.4) is 0 Å². The summed E-state index contributed by atoms with van der Waals surface area (Å²) in [5.74, 6) is -0.369. The van der Waals surface area contributed by atoms with Crippen LogP contribution in [0.1, 0.15) is 5.56 Å². The van der Waals surface area contributed by atoms with Crippen LogP contribution >= 0.6 is 11.8 Å². The largest absolute Gasteiger partial charge is 1.00 e. The van der Waals surface area contributed by atoms with E-state index in [-0.39, 0.29) is 74.2 Å². The van der Waals surface area contributed by atoms with Gasteiger partial charge in [-0.1, -0.05) is 41.2 Å². The molecule has 1 aromatic rings. The van der Waals surface area contributed by atoms with Crippen LogP contribution in [0.2, 0.25) is 0 Å². The molecular formula is C14H18KNO10S2. The minimum atomic E-state index is -4.92. The van der Waals surface area contributed by atoms with E-state index in [2.05, 4.69) is 9.44 Å². The molecule has 0 bridgehead atoms. The number of aliphatic hydroxyl groups is 4. The molecule has 1 aliphatic heterocycles. The first-order valence-electron chi connectivity index (χ1n) is 7.57. The smallest absolute Gasteiger partial charge is 0.872 e. The quantitative estimate of drug-likeness (QED) is 0.0892. The van der Waals surface area contributed by atoms with Crippen molar-refractivity contribution in [2.24, 2.45) is 5.16 Å². The minimum absolute atomic E-state index is 0. The Labute approximate surface area is 207 Å². The van der Waals surface area contributed by atoms with E-state index in [0.29, 0.717) is 11.8 Å². The number of para-hydroxylation sites is 1. The number of benzene rings is 1. The summed E-state index contributed by atoms with van der Waals surface area (Å²) in [6.07, 6.45) is -6.25. The van der Waals surface area contributed by atoms with Crippen LogP contribution in [0.15, 0.2) is 29.4 Å². The molecule has 2 rings (SSSR count). The third kappa shape index (κ3) is 7.46. The maximum atomic E-state index is 11.8. The fourth-order valence-corrected chi connectivity index (χ4v) is 3.61. The van der Waals surface area contributed by atoms with Gasteiger partial charge in [-0.3, -0.25) is 4.55 Å². The predicted octanol–water partition coefficient (Wildman–Crippen LogP) is -5.03. The first kappa shape index (κ1) is 26.2. The second kappa shape index (κ2) is 11.5. The molecule has 1 aliphatic rings. The van der Waals surface area contributed by atoms with Crippen molar-refractivity contribution in [2.75, 3.05) is 6.61 Å². The van der Waals surface area contributed by atoms with E-state index >= 15 is 0 Å². The molecule has 0 saturated carbocycles. The number of hydrogen-bond acceptors (Lipinski definition) is 11. The fourth-order valence-electron chi connectivity index (χ4n) is 2.30. The van der Waals surface area contributed by atoms with E-state index < -0.39 is 46.9 Å². The van der Waals surface area contributed by atoms with Gasteiger partial charge in [-0.25, -0.2) is 4.28 Å². The van der Waals surface area contributed by atoms with Crippen LogP contribution in [0.4, 0.5) is 0 Å². The van der Waals surface area contributed by atoms with Gasteiger partial charge in [0.1, 0.15) is 34.9 Å². The number of hydrogen-bond donors (Lipinski definition) is 5. The Morgan fingerprint density at radius 1 is 1.21 bits per heavy atom. The average Bonchev–Trinajstić information content (AvgIpc) is 2.61. The monoisotopic (exact) mass is 463 g/mol. The Hall–Kier alpha value is 0.186. The zero-order valence-corrected chi connectivity index (χ0v) is 19.4. The van der Waals surface area contributed by atoms with Crippen LogP contribution in [0.5, 0.6) is 5.75 Å². The van der Waals surface area contributed by atoms with E-state index in [1.165, 1.54) is 18.2 Å². The zero-order chi connectivity index (χ0) is 20.2. The van der Waals surface area contributed by atoms with Gasteiger partial charge < -0.3 is 30.3 Å². The molecule has 0 aromatic heterocycles. The van der Waals surface area contributed by atoms with Crippen LogP contribution < -0.4 is 56.5 Å². The second-order valence-electron chi connectivity index (χ2n) is 5.59. The Kier molecular flexibility index (Phi) is 10.8. The average molecular weight is 464 g/mol. The van der Waals surface area contributed by atoms with Gasteiger partial charge in [0, 0.05) is 6.42 Å². The molecule has 5 N–H and O–H groups in total. The maximum Gasteiger partial charge on any atom is 1.00 e. The van der Waals surface area contributed by atoms with E-state index in [1.54, 1.807) is 6.07 Å². The van der Waals surface area contributed by atoms with Gasteiger partial charge in [-0.05, 0) is 5.56 Å². The Bertz CT molecular complexity index is 775. The van der Waals surface area contributed by atoms with Gasteiger partial charge in [0.05, 0.1) is 6.61 Å². The minimum Gasteiger partial charge on any atom is -0.872 e. The Morgan fingerprint density at radius 2 is 1.86 bits per heavy atom. The van der Waals surface area contributed by atoms with E-state index in [0.717, 1.165) is 0 Å². The number of rotatable bonds is 6. The molecule has 1 saturated heterocycles. The van der Waals surface area contributed by atoms with Gasteiger partial charge >= 0.3 is 61.8 Å². The van der Waals surface area contributed by atoms with Crippen molar-refractivity contribution < 1.29 is 98.9 Å². The first-order chi connectivity index (χ1) is 12.6. The predicted molar refractivity (Wildman–Crippen MR) is 91.0 cm³/mol. The van der Waals surface area contributed by atoms with E-state index in [4.69, 9.17) is 9.29 Å². The molecule has 0 radical (unpaired) electrons. The van der Waals surface area contributed by atoms with Gasteiger partial charge in [0.25, 0.3) is 0 Å². The van der Waals surface area contributed by atoms with Crippen LogP contribution in [-0.2, 0) is 25.8 Å². The van der Waals surface area contributed by atoms with E-state index in [9.17, 15) is 34.0 Å². The number of nitrogens with zero attached hydrogens (tertiary/aromatic N) is 1. The number of oxime groups is 1. The summed E-state index contributed by atoms with van der Waals surface area (Å²) < 4.78 is 39.5. The van der Waals surface area contributed by atoms with Crippen molar-refractivity contribution >= 4 is 27.2 Å². The second-order valence-corrected chi connectivity index (χ2v) is 7.76. The van der Waals surface area contributed by atoms with Crippen LogP contribution in [0.25, 0.3) is 0 Å². The summed E-state index contributed by atoms with van der Waals surface area (Å²) >= 11 is 0.599. The molecule has 0 aliphatic carbocycles. The first-order valence-corrected chi connectivity index (χ1v) is 9.82. The standard InChI is InChI=1S/C14H19NO10S2.K/c16-6-9-11(18)12(19)13(20)14(24-9)26-10(15-25-27(21,22)23)5-7-3-1-2-4-8(7)17;/h1-4,9,11-14,16-20H,5-6H2,(H,21,22,23);/q;+1/p-1/b15-10+;/t9-,11-,12+,13-,14+;/m1./s1. The summed E-state index contributed by atoms with van der Waals surface area (Å²) in [6, 6.07) is 5.80. The van der Waals surface area contributed by atoms with Crippen molar-refractivity contribution in [2.45, 2.75) is 36.3 Å². The summed E-state index contributed by atoms with van der Waals surface area (Å²) in [5.41, 5.74) is -1.06. The zero-order valence-electron chi connectivity index (χ0n) is 14.7. The summed E-state index contributed by atoms with van der Waals surface area (Å²) in [6.45, 7) is -0.653. The SMILES string of the molecule is O=S(=O)(O)O/N=C(\Cc1ccccc1[O-])S[C@@H]1O[C@H](CO)[C@@H](O)[C@H](O)[C@H]1O.[K+]. The number of aliphatic hydroxyl groups excluding tert-OH is 4. The topological polar surface area (TPSA) is 189 Å². The Balaban J connectivity index is 0.00000392. The van der Waals surface area contributed by atoms with Gasteiger partial charge in [0.15, 0.2) is 0 Å². The summed E-state index contributed by atoms with van der Waals surface area (Å²) in [7, 11) is -4.92. The molecule has 11 nitrogen and oxygen atoms in total. The van der Waals surface area contributed by atoms with Gasteiger partial charge in [-0.2, -0.15) is 8.42 Å². The van der Waals surface area contributed by atoms with Crippen molar-refractivity contribution in [3.63, 3.8) is 0 Å². The maximum absolute atomic E-state index is 11.8. The third-order valence-corrected chi connectivity index (χ3v) is 5.02. The van der Waals surface area contributed by atoms with Gasteiger partial charge in [-0.15, -0.1) is 5.75 Å². The normalized spacial score (nSPS) is 28.5. The number of thioether (sulfide) groups is 1. The molecule has 14 heteroatoms. The van der Waals surface area contributed by atoms with Crippen molar-refractivity contribution in [3.05, 3.63) is 29.8 Å².